The lowest BCUT2D eigenvalue weighted by molar-refractivity contribution is 0.503. The zero-order valence-corrected chi connectivity index (χ0v) is 8.05. The summed E-state index contributed by atoms with van der Waals surface area (Å²) < 4.78 is 0. The highest BCUT2D eigenvalue weighted by atomic mass is 35.5. The normalized spacial score (nSPS) is 13.4. The molecular formula is C9H13ClN2. The average molecular weight is 185 g/mol. The fourth-order valence-electron chi connectivity index (χ4n) is 0.951. The minimum atomic E-state index is -0.0244. The summed E-state index contributed by atoms with van der Waals surface area (Å²) in [5, 5.41) is 0.503. The molecule has 66 valence electrons. The van der Waals surface area contributed by atoms with Crippen molar-refractivity contribution >= 4 is 11.6 Å². The SMILES string of the molecule is CC(C)[C@@H](N)c1cccc(Cl)n1. The van der Waals surface area contributed by atoms with Crippen molar-refractivity contribution in [2.45, 2.75) is 19.9 Å². The van der Waals surface area contributed by atoms with Crippen molar-refractivity contribution < 1.29 is 0 Å². The first-order valence-electron chi connectivity index (χ1n) is 3.99. The first-order chi connectivity index (χ1) is 5.61. The second-order valence-corrected chi connectivity index (χ2v) is 3.54. The standard InChI is InChI=1S/C9H13ClN2/c1-6(2)9(11)7-4-3-5-8(10)12-7/h3-6,9H,11H2,1-2H3/t9-/m1/s1. The average Bonchev–Trinajstić information content (AvgIpc) is 2.03. The van der Waals surface area contributed by atoms with Crippen LogP contribution in [0.15, 0.2) is 18.2 Å². The fourth-order valence-corrected chi connectivity index (χ4v) is 1.12. The second kappa shape index (κ2) is 3.87. The third-order valence-electron chi connectivity index (χ3n) is 1.80. The van der Waals surface area contributed by atoms with Gasteiger partial charge in [-0.2, -0.15) is 0 Å². The Morgan fingerprint density at radius 2 is 2.08 bits per heavy atom. The van der Waals surface area contributed by atoms with Crippen molar-refractivity contribution in [1.29, 1.82) is 0 Å². The monoisotopic (exact) mass is 184 g/mol. The molecule has 1 rings (SSSR count). The van der Waals surface area contributed by atoms with E-state index in [2.05, 4.69) is 18.8 Å². The molecule has 0 aliphatic rings. The molecule has 12 heavy (non-hydrogen) atoms. The quantitative estimate of drug-likeness (QED) is 0.717. The topological polar surface area (TPSA) is 38.9 Å². The van der Waals surface area contributed by atoms with Gasteiger partial charge in [-0.1, -0.05) is 31.5 Å². The molecule has 2 nitrogen and oxygen atoms in total. The Kier molecular flexibility index (Phi) is 3.06. The minimum absolute atomic E-state index is 0.0244. The maximum atomic E-state index is 5.89. The Labute approximate surface area is 77.8 Å². The van der Waals surface area contributed by atoms with Crippen LogP contribution in [0, 0.1) is 5.92 Å². The molecule has 0 fully saturated rings. The van der Waals surface area contributed by atoms with E-state index in [1.165, 1.54) is 0 Å². The Balaban J connectivity index is 2.88. The third kappa shape index (κ3) is 2.19. The van der Waals surface area contributed by atoms with Crippen molar-refractivity contribution in [2.75, 3.05) is 0 Å². The molecule has 2 N–H and O–H groups in total. The van der Waals surface area contributed by atoms with E-state index >= 15 is 0 Å². The van der Waals surface area contributed by atoms with E-state index in [0.717, 1.165) is 5.69 Å². The van der Waals surface area contributed by atoms with Crippen molar-refractivity contribution in [2.24, 2.45) is 11.7 Å². The zero-order valence-electron chi connectivity index (χ0n) is 7.29. The van der Waals surface area contributed by atoms with Gasteiger partial charge in [0, 0.05) is 6.04 Å². The van der Waals surface area contributed by atoms with Gasteiger partial charge >= 0.3 is 0 Å². The molecule has 0 saturated carbocycles. The second-order valence-electron chi connectivity index (χ2n) is 3.15. The molecule has 0 aliphatic heterocycles. The molecule has 0 bridgehead atoms. The van der Waals surface area contributed by atoms with Gasteiger partial charge in [0.25, 0.3) is 0 Å². The highest BCUT2D eigenvalue weighted by Crippen LogP contribution is 2.17. The van der Waals surface area contributed by atoms with Gasteiger partial charge in [-0.15, -0.1) is 0 Å². The molecule has 0 unspecified atom stereocenters. The van der Waals surface area contributed by atoms with Crippen LogP contribution >= 0.6 is 11.6 Å². The van der Waals surface area contributed by atoms with Gasteiger partial charge in [0.1, 0.15) is 5.15 Å². The first-order valence-corrected chi connectivity index (χ1v) is 4.37. The van der Waals surface area contributed by atoms with Gasteiger partial charge in [0.05, 0.1) is 5.69 Å². The van der Waals surface area contributed by atoms with Gasteiger partial charge in [-0.3, -0.25) is 0 Å². The van der Waals surface area contributed by atoms with Crippen LogP contribution in [0.2, 0.25) is 5.15 Å². The Bertz CT molecular complexity index is 260. The fraction of sp³-hybridized carbons (Fsp3) is 0.444. The van der Waals surface area contributed by atoms with Crippen LogP contribution in [0.5, 0.6) is 0 Å². The van der Waals surface area contributed by atoms with Gasteiger partial charge in [-0.05, 0) is 18.1 Å². The summed E-state index contributed by atoms with van der Waals surface area (Å²) >= 11 is 5.73. The van der Waals surface area contributed by atoms with Crippen LogP contribution in [0.3, 0.4) is 0 Å². The van der Waals surface area contributed by atoms with Crippen molar-refractivity contribution in [1.82, 2.24) is 4.98 Å². The van der Waals surface area contributed by atoms with E-state index in [-0.39, 0.29) is 6.04 Å². The molecular weight excluding hydrogens is 172 g/mol. The van der Waals surface area contributed by atoms with E-state index < -0.39 is 0 Å². The predicted octanol–water partition coefficient (Wildman–Crippen LogP) is 2.39. The highest BCUT2D eigenvalue weighted by molar-refractivity contribution is 6.29. The summed E-state index contributed by atoms with van der Waals surface area (Å²) in [6, 6.07) is 5.49. The molecule has 1 aromatic heterocycles. The van der Waals surface area contributed by atoms with Crippen LogP contribution in [0.1, 0.15) is 25.6 Å². The Hall–Kier alpha value is -0.600. The number of hydrogen-bond acceptors (Lipinski definition) is 2. The van der Waals surface area contributed by atoms with E-state index in [1.807, 2.05) is 12.1 Å². The molecule has 1 atom stereocenters. The summed E-state index contributed by atoms with van der Waals surface area (Å²) in [6.45, 7) is 4.13. The smallest absolute Gasteiger partial charge is 0.129 e. The van der Waals surface area contributed by atoms with E-state index in [9.17, 15) is 0 Å². The summed E-state index contributed by atoms with van der Waals surface area (Å²) in [6.07, 6.45) is 0. The molecule has 0 amide bonds. The number of rotatable bonds is 2. The van der Waals surface area contributed by atoms with Gasteiger partial charge in [0.2, 0.25) is 0 Å². The number of nitrogens with two attached hydrogens (primary N) is 1. The number of pyridine rings is 1. The lowest BCUT2D eigenvalue weighted by atomic mass is 10.0. The maximum Gasteiger partial charge on any atom is 0.129 e. The molecule has 0 aromatic carbocycles. The van der Waals surface area contributed by atoms with Crippen molar-refractivity contribution in [3.8, 4) is 0 Å². The lowest BCUT2D eigenvalue weighted by Gasteiger charge is -2.14. The highest BCUT2D eigenvalue weighted by Gasteiger charge is 2.11. The Morgan fingerprint density at radius 3 is 2.58 bits per heavy atom. The van der Waals surface area contributed by atoms with Gasteiger partial charge < -0.3 is 5.73 Å². The number of hydrogen-bond donors (Lipinski definition) is 1. The lowest BCUT2D eigenvalue weighted by Crippen LogP contribution is -2.17. The third-order valence-corrected chi connectivity index (χ3v) is 2.01. The number of aromatic nitrogens is 1. The summed E-state index contributed by atoms with van der Waals surface area (Å²) in [7, 11) is 0. The van der Waals surface area contributed by atoms with E-state index in [1.54, 1.807) is 6.07 Å². The van der Waals surface area contributed by atoms with E-state index in [0.29, 0.717) is 11.1 Å². The largest absolute Gasteiger partial charge is 0.322 e. The van der Waals surface area contributed by atoms with Crippen molar-refractivity contribution in [3.63, 3.8) is 0 Å². The van der Waals surface area contributed by atoms with Gasteiger partial charge in [-0.25, -0.2) is 4.98 Å². The Morgan fingerprint density at radius 1 is 1.42 bits per heavy atom. The number of nitrogens with zero attached hydrogens (tertiary/aromatic N) is 1. The molecule has 0 aliphatic carbocycles. The van der Waals surface area contributed by atoms with Crippen LogP contribution in [-0.2, 0) is 0 Å². The molecule has 1 heterocycles. The molecule has 0 saturated heterocycles. The van der Waals surface area contributed by atoms with Crippen LogP contribution < -0.4 is 5.73 Å². The number of halogens is 1. The van der Waals surface area contributed by atoms with Crippen LogP contribution in [0.4, 0.5) is 0 Å². The summed E-state index contributed by atoms with van der Waals surface area (Å²) in [5.74, 6) is 0.385. The summed E-state index contributed by atoms with van der Waals surface area (Å²) in [5.41, 5.74) is 6.74. The molecule has 0 radical (unpaired) electrons. The van der Waals surface area contributed by atoms with Crippen molar-refractivity contribution in [3.05, 3.63) is 29.0 Å². The minimum Gasteiger partial charge on any atom is -0.322 e. The van der Waals surface area contributed by atoms with Crippen LogP contribution in [0.25, 0.3) is 0 Å². The van der Waals surface area contributed by atoms with Crippen LogP contribution in [-0.4, -0.2) is 4.98 Å². The van der Waals surface area contributed by atoms with E-state index in [4.69, 9.17) is 17.3 Å². The molecule has 3 heteroatoms. The first kappa shape index (κ1) is 9.49. The molecule has 1 aromatic rings. The predicted molar refractivity (Wildman–Crippen MR) is 51.0 cm³/mol. The zero-order chi connectivity index (χ0) is 9.14. The molecule has 0 spiro atoms. The summed E-state index contributed by atoms with van der Waals surface area (Å²) in [4.78, 5) is 4.13. The maximum absolute atomic E-state index is 5.89. The van der Waals surface area contributed by atoms with Gasteiger partial charge in [0.15, 0.2) is 0 Å².